The van der Waals surface area contributed by atoms with E-state index in [1.165, 1.54) is 55.4 Å². The van der Waals surface area contributed by atoms with Crippen molar-refractivity contribution in [1.29, 1.82) is 0 Å². The van der Waals surface area contributed by atoms with Gasteiger partial charge in [0.25, 0.3) is 0 Å². The molecule has 27 nitrogen and oxygen atoms in total. The van der Waals surface area contributed by atoms with Crippen LogP contribution in [0.5, 0.6) is 51.7 Å². The van der Waals surface area contributed by atoms with Gasteiger partial charge in [0.15, 0.2) is 29.1 Å². The third-order valence-electron chi connectivity index (χ3n) is 10.5. The lowest BCUT2D eigenvalue weighted by atomic mass is 9.93. The van der Waals surface area contributed by atoms with Crippen molar-refractivity contribution in [3.63, 3.8) is 0 Å². The number of fused-ring (bicyclic) bond motifs is 1. The maximum absolute atomic E-state index is 14.8. The standard InChI is InChI=1S/C54H66O27/c1-24(55)9-43(63)72-34-21-36(73-44(64)10-25(2)56)35-23-42(79-54(71)33-19-40(76-47(67)13-28(5)59)53(81-50(70)16-31(8)62)41(20-33)77-48(68)14-29(6)60)51(78-37(35)22-34)32-17-38(74-45(65)11-26(3)57)52(80-49(69)15-30(7)61)39(18-32)75-46(66)12-27(4)58/h17-22,24-31,42,51,55-62H,9-16,23H2,1-8H3/t24?,25?,26?,27?,28?,29?,30?,31?,42-,51-/m1/s1. The smallest absolute Gasteiger partial charge is 0.338 e. The molecule has 0 aliphatic carbocycles. The lowest BCUT2D eigenvalue weighted by Crippen LogP contribution is -2.35. The second-order valence-electron chi connectivity index (χ2n) is 19.5. The van der Waals surface area contributed by atoms with Crippen LogP contribution in [0.15, 0.2) is 36.4 Å². The van der Waals surface area contributed by atoms with E-state index in [1.54, 1.807) is 0 Å². The zero-order valence-electron chi connectivity index (χ0n) is 45.4. The van der Waals surface area contributed by atoms with Gasteiger partial charge in [0.1, 0.15) is 23.4 Å². The summed E-state index contributed by atoms with van der Waals surface area (Å²) in [4.78, 5) is 120. The third-order valence-corrected chi connectivity index (χ3v) is 10.5. The topological polar surface area (TPSA) is 408 Å². The monoisotopic (exact) mass is 1150 g/mol. The molecule has 0 saturated carbocycles. The Morgan fingerprint density at radius 2 is 0.704 bits per heavy atom. The number of carbonyl (C=O) groups excluding carboxylic acids is 9. The van der Waals surface area contributed by atoms with Crippen LogP contribution >= 0.6 is 0 Å². The van der Waals surface area contributed by atoms with E-state index in [0.717, 1.165) is 36.4 Å². The van der Waals surface area contributed by atoms with Crippen LogP contribution in [0.25, 0.3) is 0 Å². The maximum atomic E-state index is 14.8. The molecular formula is C54H66O27. The molecule has 0 aromatic heterocycles. The van der Waals surface area contributed by atoms with E-state index in [4.69, 9.17) is 47.4 Å². The SMILES string of the molecule is CC(O)CC(=O)Oc1cc(OC(=O)CC(C)O)c2c(c1)O[C@H](c1cc(OC(=O)CC(C)O)c(OC(=O)CC(C)O)c(OC(=O)CC(C)O)c1)[C@H](OC(=O)c1cc(OC(=O)CC(C)O)c(OC(=O)CC(C)O)c(OC(=O)CC(C)O)c1)C2. The molecule has 27 heteroatoms. The normalized spacial score (nSPS) is 16.6. The first-order valence-electron chi connectivity index (χ1n) is 25.4. The van der Waals surface area contributed by atoms with Gasteiger partial charge in [0, 0.05) is 29.7 Å². The summed E-state index contributed by atoms with van der Waals surface area (Å²) in [6.45, 7) is 10.0. The molecule has 0 bridgehead atoms. The van der Waals surface area contributed by atoms with Gasteiger partial charge in [-0.25, -0.2) is 4.79 Å². The van der Waals surface area contributed by atoms with Crippen molar-refractivity contribution in [3.05, 3.63) is 53.1 Å². The van der Waals surface area contributed by atoms with Gasteiger partial charge in [0.05, 0.1) is 106 Å². The minimum absolute atomic E-state index is 0.102. The summed E-state index contributed by atoms with van der Waals surface area (Å²) in [6, 6.07) is 5.80. The van der Waals surface area contributed by atoms with Gasteiger partial charge in [-0.15, -0.1) is 0 Å². The number of aliphatic hydroxyl groups excluding tert-OH is 8. The Morgan fingerprint density at radius 3 is 1.04 bits per heavy atom. The molecule has 8 unspecified atom stereocenters. The number of benzene rings is 3. The lowest BCUT2D eigenvalue weighted by Gasteiger charge is -2.35. The first-order valence-corrected chi connectivity index (χ1v) is 25.4. The number of carbonyl (C=O) groups is 9. The Hall–Kier alpha value is -7.63. The van der Waals surface area contributed by atoms with Crippen LogP contribution in [0.3, 0.4) is 0 Å². The molecule has 0 amide bonds. The molecule has 0 fully saturated rings. The molecular weight excluding hydrogens is 1080 g/mol. The summed E-state index contributed by atoms with van der Waals surface area (Å²) >= 11 is 0. The zero-order chi connectivity index (χ0) is 60.6. The van der Waals surface area contributed by atoms with E-state index in [9.17, 15) is 84.0 Å². The fraction of sp³-hybridized carbons (Fsp3) is 0.500. The van der Waals surface area contributed by atoms with Gasteiger partial charge in [-0.3, -0.25) is 38.4 Å². The molecule has 444 valence electrons. The van der Waals surface area contributed by atoms with E-state index in [0.29, 0.717) is 0 Å². The molecule has 8 N–H and O–H groups in total. The second kappa shape index (κ2) is 30.3. The molecule has 1 heterocycles. The quantitative estimate of drug-likeness (QED) is 0.0400. The summed E-state index contributed by atoms with van der Waals surface area (Å²) < 4.78 is 56.6. The van der Waals surface area contributed by atoms with E-state index in [1.807, 2.05) is 0 Å². The molecule has 4 rings (SSSR count). The first-order chi connectivity index (χ1) is 37.8. The minimum Gasteiger partial charge on any atom is -0.481 e. The van der Waals surface area contributed by atoms with E-state index >= 15 is 0 Å². The number of ether oxygens (including phenoxy) is 10. The predicted octanol–water partition coefficient (Wildman–Crippen LogP) is 2.00. The Morgan fingerprint density at radius 1 is 0.407 bits per heavy atom. The number of hydrogen-bond acceptors (Lipinski definition) is 27. The van der Waals surface area contributed by atoms with Crippen molar-refractivity contribution in [3.8, 4) is 51.7 Å². The number of aliphatic hydroxyl groups is 8. The van der Waals surface area contributed by atoms with Crippen molar-refractivity contribution in [2.75, 3.05) is 0 Å². The van der Waals surface area contributed by atoms with Crippen LogP contribution in [0.2, 0.25) is 0 Å². The summed E-state index contributed by atoms with van der Waals surface area (Å²) in [5.41, 5.74) is -1.03. The van der Waals surface area contributed by atoms with Crippen molar-refractivity contribution in [1.82, 2.24) is 0 Å². The highest BCUT2D eigenvalue weighted by molar-refractivity contribution is 5.93. The van der Waals surface area contributed by atoms with Crippen LogP contribution in [0.1, 0.15) is 134 Å². The van der Waals surface area contributed by atoms with E-state index in [2.05, 4.69) is 0 Å². The number of esters is 9. The highest BCUT2D eigenvalue weighted by Gasteiger charge is 2.40. The van der Waals surface area contributed by atoms with Crippen LogP contribution in [0.4, 0.5) is 0 Å². The predicted molar refractivity (Wildman–Crippen MR) is 271 cm³/mol. The first kappa shape index (κ1) is 65.9. The minimum atomic E-state index is -1.79. The van der Waals surface area contributed by atoms with Crippen LogP contribution < -0.4 is 42.6 Å². The average molecular weight is 1150 g/mol. The summed E-state index contributed by atoms with van der Waals surface area (Å²) in [5, 5.41) is 80.0. The fourth-order valence-electron chi connectivity index (χ4n) is 7.36. The molecule has 0 saturated heterocycles. The lowest BCUT2D eigenvalue weighted by molar-refractivity contribution is -0.140. The van der Waals surface area contributed by atoms with E-state index < -0.39 is 218 Å². The molecule has 1 aliphatic rings. The fourth-order valence-corrected chi connectivity index (χ4v) is 7.36. The van der Waals surface area contributed by atoms with Gasteiger partial charge < -0.3 is 88.2 Å². The molecule has 3 aromatic rings. The van der Waals surface area contributed by atoms with Crippen LogP contribution in [-0.2, 0) is 49.5 Å². The molecule has 10 atom stereocenters. The van der Waals surface area contributed by atoms with Gasteiger partial charge in [-0.2, -0.15) is 0 Å². The summed E-state index contributed by atoms with van der Waals surface area (Å²) in [6.07, 6.45) is -19.5. The summed E-state index contributed by atoms with van der Waals surface area (Å²) in [7, 11) is 0. The zero-order valence-corrected chi connectivity index (χ0v) is 45.4. The highest BCUT2D eigenvalue weighted by atomic mass is 16.6. The van der Waals surface area contributed by atoms with E-state index in [-0.39, 0.29) is 22.6 Å². The van der Waals surface area contributed by atoms with Crippen LogP contribution in [-0.4, -0.2) is 150 Å². The average Bonchev–Trinajstić information content (AvgIpc) is 3.50. The molecule has 3 aromatic carbocycles. The molecule has 81 heavy (non-hydrogen) atoms. The molecule has 1 aliphatic heterocycles. The summed E-state index contributed by atoms with van der Waals surface area (Å²) in [5.74, 6) is -16.0. The van der Waals surface area contributed by atoms with Gasteiger partial charge >= 0.3 is 53.7 Å². The number of hydrogen-bond donors (Lipinski definition) is 8. The van der Waals surface area contributed by atoms with Gasteiger partial charge in [-0.1, -0.05) is 0 Å². The molecule has 0 radical (unpaired) electrons. The Labute approximate surface area is 463 Å². The van der Waals surface area contributed by atoms with Gasteiger partial charge in [-0.05, 0) is 79.7 Å². The third kappa shape index (κ3) is 21.7. The van der Waals surface area contributed by atoms with Gasteiger partial charge in [0.2, 0.25) is 11.5 Å². The van der Waals surface area contributed by atoms with Crippen molar-refractivity contribution < 1.29 is 131 Å². The Balaban J connectivity index is 2.11. The second-order valence-corrected chi connectivity index (χ2v) is 19.5. The molecule has 0 spiro atoms. The van der Waals surface area contributed by atoms with Crippen molar-refractivity contribution in [2.45, 2.75) is 174 Å². The number of rotatable bonds is 27. The highest BCUT2D eigenvalue weighted by Crippen LogP contribution is 2.48. The van der Waals surface area contributed by atoms with Crippen molar-refractivity contribution in [2.24, 2.45) is 0 Å². The maximum Gasteiger partial charge on any atom is 0.338 e. The van der Waals surface area contributed by atoms with Crippen molar-refractivity contribution >= 4 is 53.7 Å². The Kier molecular flexibility index (Phi) is 24.6. The largest absolute Gasteiger partial charge is 0.481 e. The Bertz CT molecular complexity index is 2680. The van der Waals surface area contributed by atoms with Crippen LogP contribution in [0, 0.1) is 0 Å².